The largest absolute Gasteiger partial charge is 0.269 e. The lowest BCUT2D eigenvalue weighted by Gasteiger charge is -2.04. The zero-order chi connectivity index (χ0) is 15.7. The maximum Gasteiger partial charge on any atom is 0.269 e. The van der Waals surface area contributed by atoms with Crippen LogP contribution in [0.4, 0.5) is 5.69 Å². The van der Waals surface area contributed by atoms with Crippen LogP contribution in [0.25, 0.3) is 17.1 Å². The average Bonchev–Trinajstić information content (AvgIpc) is 2.86. The Morgan fingerprint density at radius 2 is 1.68 bits per heavy atom. The number of nitro groups is 1. The van der Waals surface area contributed by atoms with Crippen LogP contribution < -0.4 is 0 Å². The van der Waals surface area contributed by atoms with Crippen LogP contribution in [0, 0.1) is 24.0 Å². The molecule has 0 N–H and O–H groups in total. The molecule has 0 aliphatic rings. The van der Waals surface area contributed by atoms with Crippen LogP contribution in [-0.4, -0.2) is 24.7 Å². The standard InChI is InChI=1S/C15H13N5O2/c1-10-7-11(2)19(18-10)15-16-8-13(9-17-15)12-3-5-14(6-4-12)20(21)22/h3-9H,1-2H3. The molecule has 2 aromatic heterocycles. The molecule has 7 nitrogen and oxygen atoms in total. The van der Waals surface area contributed by atoms with Crippen molar-refractivity contribution in [3.8, 4) is 17.1 Å². The van der Waals surface area contributed by atoms with Gasteiger partial charge in [-0.3, -0.25) is 10.1 Å². The number of rotatable bonds is 3. The highest BCUT2D eigenvalue weighted by Crippen LogP contribution is 2.21. The molecule has 1 aromatic carbocycles. The second kappa shape index (κ2) is 5.36. The van der Waals surface area contributed by atoms with Crippen LogP contribution >= 0.6 is 0 Å². The van der Waals surface area contributed by atoms with Gasteiger partial charge in [0.15, 0.2) is 0 Å². The van der Waals surface area contributed by atoms with E-state index >= 15 is 0 Å². The minimum absolute atomic E-state index is 0.0592. The summed E-state index contributed by atoms with van der Waals surface area (Å²) in [5, 5.41) is 15.0. The number of non-ortho nitro benzene ring substituents is 1. The maximum absolute atomic E-state index is 10.7. The number of nitro benzene ring substituents is 1. The van der Waals surface area contributed by atoms with Crippen LogP contribution in [0.2, 0.25) is 0 Å². The molecule has 0 bridgehead atoms. The van der Waals surface area contributed by atoms with Crippen molar-refractivity contribution in [1.29, 1.82) is 0 Å². The second-order valence-electron chi connectivity index (χ2n) is 4.91. The summed E-state index contributed by atoms with van der Waals surface area (Å²) in [6.45, 7) is 3.85. The predicted molar refractivity (Wildman–Crippen MR) is 80.7 cm³/mol. The lowest BCUT2D eigenvalue weighted by atomic mass is 10.1. The van der Waals surface area contributed by atoms with Gasteiger partial charge in [0.05, 0.1) is 10.6 Å². The van der Waals surface area contributed by atoms with E-state index in [4.69, 9.17) is 0 Å². The number of benzene rings is 1. The first-order valence-corrected chi connectivity index (χ1v) is 6.65. The number of hydrogen-bond donors (Lipinski definition) is 0. The van der Waals surface area contributed by atoms with Gasteiger partial charge in [0, 0.05) is 35.8 Å². The van der Waals surface area contributed by atoms with Crippen molar-refractivity contribution >= 4 is 5.69 Å². The molecule has 0 aliphatic carbocycles. The fraction of sp³-hybridized carbons (Fsp3) is 0.133. The third-order valence-corrected chi connectivity index (χ3v) is 3.25. The van der Waals surface area contributed by atoms with E-state index in [-0.39, 0.29) is 5.69 Å². The van der Waals surface area contributed by atoms with Crippen molar-refractivity contribution in [2.75, 3.05) is 0 Å². The van der Waals surface area contributed by atoms with Crippen LogP contribution in [0.5, 0.6) is 0 Å². The topological polar surface area (TPSA) is 86.7 Å². The Bertz CT molecular complexity index is 822. The molecule has 110 valence electrons. The molecule has 0 radical (unpaired) electrons. The van der Waals surface area contributed by atoms with Gasteiger partial charge in [0.2, 0.25) is 0 Å². The molecule has 3 rings (SSSR count). The Morgan fingerprint density at radius 1 is 1.05 bits per heavy atom. The zero-order valence-corrected chi connectivity index (χ0v) is 12.1. The van der Waals surface area contributed by atoms with Gasteiger partial charge < -0.3 is 0 Å². The van der Waals surface area contributed by atoms with Crippen molar-refractivity contribution in [2.24, 2.45) is 0 Å². The Hall–Kier alpha value is -3.09. The van der Waals surface area contributed by atoms with Gasteiger partial charge >= 0.3 is 0 Å². The molecule has 0 unspecified atom stereocenters. The highest BCUT2D eigenvalue weighted by molar-refractivity contribution is 5.63. The molecule has 0 amide bonds. The monoisotopic (exact) mass is 295 g/mol. The lowest BCUT2D eigenvalue weighted by molar-refractivity contribution is -0.384. The first kappa shape index (κ1) is 13.9. The number of aromatic nitrogens is 4. The minimum Gasteiger partial charge on any atom is -0.258 e. The zero-order valence-electron chi connectivity index (χ0n) is 12.1. The van der Waals surface area contributed by atoms with Gasteiger partial charge in [-0.1, -0.05) is 0 Å². The van der Waals surface area contributed by atoms with Crippen molar-refractivity contribution < 1.29 is 4.92 Å². The molecular weight excluding hydrogens is 282 g/mol. The second-order valence-corrected chi connectivity index (χ2v) is 4.91. The summed E-state index contributed by atoms with van der Waals surface area (Å²) >= 11 is 0. The Labute approximate surface area is 126 Å². The summed E-state index contributed by atoms with van der Waals surface area (Å²) < 4.78 is 1.68. The van der Waals surface area contributed by atoms with Crippen LogP contribution in [0.1, 0.15) is 11.4 Å². The van der Waals surface area contributed by atoms with E-state index in [1.54, 1.807) is 29.2 Å². The fourth-order valence-electron chi connectivity index (χ4n) is 2.19. The lowest BCUT2D eigenvalue weighted by Crippen LogP contribution is -2.04. The van der Waals surface area contributed by atoms with E-state index in [9.17, 15) is 10.1 Å². The highest BCUT2D eigenvalue weighted by atomic mass is 16.6. The molecule has 22 heavy (non-hydrogen) atoms. The number of hydrogen-bond acceptors (Lipinski definition) is 5. The van der Waals surface area contributed by atoms with Gasteiger partial charge in [-0.15, -0.1) is 0 Å². The molecule has 0 aliphatic heterocycles. The van der Waals surface area contributed by atoms with Gasteiger partial charge in [-0.25, -0.2) is 14.6 Å². The van der Waals surface area contributed by atoms with Crippen molar-refractivity contribution in [3.05, 3.63) is 64.2 Å². The Morgan fingerprint density at radius 3 is 2.18 bits per heavy atom. The van der Waals surface area contributed by atoms with E-state index < -0.39 is 4.92 Å². The predicted octanol–water partition coefficient (Wildman–Crippen LogP) is 2.85. The summed E-state index contributed by atoms with van der Waals surface area (Å²) in [6.07, 6.45) is 3.36. The van der Waals surface area contributed by atoms with E-state index in [0.29, 0.717) is 5.95 Å². The molecule has 0 fully saturated rings. The summed E-state index contributed by atoms with van der Waals surface area (Å²) in [7, 11) is 0. The normalized spacial score (nSPS) is 10.6. The summed E-state index contributed by atoms with van der Waals surface area (Å²) in [6, 6.07) is 8.24. The highest BCUT2D eigenvalue weighted by Gasteiger charge is 2.08. The first-order chi connectivity index (χ1) is 10.5. The molecule has 2 heterocycles. The average molecular weight is 295 g/mol. The van der Waals surface area contributed by atoms with Gasteiger partial charge in [-0.05, 0) is 37.6 Å². The first-order valence-electron chi connectivity index (χ1n) is 6.65. The third-order valence-electron chi connectivity index (χ3n) is 3.25. The van der Waals surface area contributed by atoms with Crippen molar-refractivity contribution in [2.45, 2.75) is 13.8 Å². The fourth-order valence-corrected chi connectivity index (χ4v) is 2.19. The van der Waals surface area contributed by atoms with Gasteiger partial charge in [0.25, 0.3) is 11.6 Å². The molecule has 3 aromatic rings. The van der Waals surface area contributed by atoms with Crippen LogP contribution in [0.3, 0.4) is 0 Å². The number of aryl methyl sites for hydroxylation is 2. The Balaban J connectivity index is 1.91. The molecular formula is C15H13N5O2. The van der Waals surface area contributed by atoms with E-state index in [1.807, 2.05) is 19.9 Å². The molecule has 0 saturated carbocycles. The quantitative estimate of drug-likeness (QED) is 0.547. The molecule has 0 spiro atoms. The van der Waals surface area contributed by atoms with Crippen LogP contribution in [0.15, 0.2) is 42.7 Å². The number of nitrogens with zero attached hydrogens (tertiary/aromatic N) is 5. The third kappa shape index (κ3) is 2.56. The smallest absolute Gasteiger partial charge is 0.258 e. The molecule has 7 heteroatoms. The molecule has 0 atom stereocenters. The van der Waals surface area contributed by atoms with Crippen LogP contribution in [-0.2, 0) is 0 Å². The summed E-state index contributed by atoms with van der Waals surface area (Å²) in [5.41, 5.74) is 3.54. The van der Waals surface area contributed by atoms with E-state index in [1.165, 1.54) is 12.1 Å². The van der Waals surface area contributed by atoms with Crippen molar-refractivity contribution in [3.63, 3.8) is 0 Å². The SMILES string of the molecule is Cc1cc(C)n(-c2ncc(-c3ccc([N+](=O)[O-])cc3)cn2)n1. The maximum atomic E-state index is 10.7. The Kier molecular flexibility index (Phi) is 3.38. The van der Waals surface area contributed by atoms with E-state index in [2.05, 4.69) is 15.1 Å². The summed E-state index contributed by atoms with van der Waals surface area (Å²) in [4.78, 5) is 18.9. The van der Waals surface area contributed by atoms with Gasteiger partial charge in [-0.2, -0.15) is 5.10 Å². The van der Waals surface area contributed by atoms with Crippen molar-refractivity contribution in [1.82, 2.24) is 19.7 Å². The summed E-state index contributed by atoms with van der Waals surface area (Å²) in [5.74, 6) is 0.497. The minimum atomic E-state index is -0.424. The van der Waals surface area contributed by atoms with Gasteiger partial charge in [0.1, 0.15) is 0 Å². The van der Waals surface area contributed by atoms with E-state index in [0.717, 1.165) is 22.5 Å². The molecule has 0 saturated heterocycles.